The number of aliphatic hydroxyl groups is 1. The van der Waals surface area contributed by atoms with Gasteiger partial charge in [-0.1, -0.05) is 0 Å². The van der Waals surface area contributed by atoms with Gasteiger partial charge in [0.25, 0.3) is 0 Å². The third-order valence-corrected chi connectivity index (χ3v) is 5.93. The van der Waals surface area contributed by atoms with Gasteiger partial charge in [0.2, 0.25) is 0 Å². The Balaban J connectivity index is 2.08. The first kappa shape index (κ1) is 16.3. The molecule has 3 heteroatoms. The fourth-order valence-electron chi connectivity index (χ4n) is 2.24. The van der Waals surface area contributed by atoms with Gasteiger partial charge in [0, 0.05) is 0 Å². The number of aliphatic hydroxyl groups excluding tert-OH is 1. The maximum absolute atomic E-state index is 10.1. The van der Waals surface area contributed by atoms with Crippen LogP contribution < -0.4 is 4.46 Å². The summed E-state index contributed by atoms with van der Waals surface area (Å²) in [4.78, 5) is 0. The van der Waals surface area contributed by atoms with Crippen molar-refractivity contribution in [1.82, 2.24) is 0 Å². The summed E-state index contributed by atoms with van der Waals surface area (Å²) in [5.41, 5.74) is 2.29. The minimum absolute atomic E-state index is 0.123. The van der Waals surface area contributed by atoms with E-state index < -0.39 is 0 Å². The van der Waals surface area contributed by atoms with E-state index in [4.69, 9.17) is 4.74 Å². The summed E-state index contributed by atoms with van der Waals surface area (Å²) < 4.78 is 6.91. The molecule has 0 aliphatic heterocycles. The molecule has 1 unspecified atom stereocenters. The summed E-state index contributed by atoms with van der Waals surface area (Å²) in [6.07, 6.45) is 0.512. The molecule has 0 saturated carbocycles. The molecule has 1 N–H and O–H groups in total. The van der Waals surface area contributed by atoms with E-state index in [9.17, 15) is 5.11 Å². The van der Waals surface area contributed by atoms with Crippen molar-refractivity contribution in [2.24, 2.45) is 0 Å². The second-order valence-electron chi connectivity index (χ2n) is 4.91. The van der Waals surface area contributed by atoms with Crippen LogP contribution in [-0.4, -0.2) is 27.2 Å². The molecule has 2 atom stereocenters. The maximum atomic E-state index is 10.1. The summed E-state index contributed by atoms with van der Waals surface area (Å²) in [5.74, 6) is 0. The molecule has 0 radical (unpaired) electrons. The number of hydrogen-bond donors (Lipinski definition) is 1. The molecule has 2 rings (SSSR count). The normalized spacial score (nSPS) is 13.9. The van der Waals surface area contributed by atoms with Crippen molar-refractivity contribution in [2.75, 3.05) is 7.11 Å². The average molecular weight is 349 g/mol. The Bertz CT molecular complexity index is 542. The van der Waals surface area contributed by atoms with Crippen LogP contribution in [0.15, 0.2) is 54.6 Å². The SMILES string of the molecule is CC[C@H](O)c1ccccc1[Se]CC(OC)c1ccccc1. The van der Waals surface area contributed by atoms with Crippen LogP contribution in [0.5, 0.6) is 0 Å². The Labute approximate surface area is 133 Å². The first-order valence-corrected chi connectivity index (χ1v) is 9.30. The van der Waals surface area contributed by atoms with Crippen molar-refractivity contribution in [1.29, 1.82) is 0 Å². The second-order valence-corrected chi connectivity index (χ2v) is 7.14. The zero-order valence-electron chi connectivity index (χ0n) is 12.5. The standard InChI is InChI=1S/C18H22O2Se/c1-3-16(19)15-11-7-8-12-18(15)21-13-17(20-2)14-9-5-4-6-10-14/h4-12,16-17,19H,3,13H2,1-2H3/t16-,17?/m0/s1. The summed E-state index contributed by atoms with van der Waals surface area (Å²) >= 11 is 0.281. The van der Waals surface area contributed by atoms with Crippen LogP contribution in [0.25, 0.3) is 0 Å². The van der Waals surface area contributed by atoms with Gasteiger partial charge in [-0.3, -0.25) is 0 Å². The van der Waals surface area contributed by atoms with E-state index in [1.165, 1.54) is 10.0 Å². The van der Waals surface area contributed by atoms with E-state index >= 15 is 0 Å². The molecule has 0 amide bonds. The monoisotopic (exact) mass is 350 g/mol. The van der Waals surface area contributed by atoms with Gasteiger partial charge in [0.15, 0.2) is 0 Å². The molecule has 0 bridgehead atoms. The number of ether oxygens (including phenoxy) is 1. The van der Waals surface area contributed by atoms with Crippen molar-refractivity contribution in [3.8, 4) is 0 Å². The Kier molecular flexibility index (Phi) is 6.47. The van der Waals surface area contributed by atoms with Crippen LogP contribution in [0.2, 0.25) is 5.32 Å². The van der Waals surface area contributed by atoms with Crippen molar-refractivity contribution in [3.63, 3.8) is 0 Å². The Morgan fingerprint density at radius 1 is 1.05 bits per heavy atom. The zero-order valence-corrected chi connectivity index (χ0v) is 14.2. The molecule has 2 aromatic rings. The van der Waals surface area contributed by atoms with Crippen LogP contribution in [0.1, 0.15) is 36.7 Å². The van der Waals surface area contributed by atoms with E-state index in [0.717, 1.165) is 17.3 Å². The molecule has 0 aliphatic rings. The van der Waals surface area contributed by atoms with Gasteiger partial charge in [0.1, 0.15) is 0 Å². The van der Waals surface area contributed by atoms with Crippen molar-refractivity contribution >= 4 is 19.4 Å². The van der Waals surface area contributed by atoms with Gasteiger partial charge < -0.3 is 0 Å². The molecule has 0 fully saturated rings. The zero-order chi connectivity index (χ0) is 15.1. The van der Waals surface area contributed by atoms with E-state index in [2.05, 4.69) is 18.2 Å². The third kappa shape index (κ3) is 4.42. The quantitative estimate of drug-likeness (QED) is 0.778. The molecule has 0 heterocycles. The van der Waals surface area contributed by atoms with Crippen LogP contribution in [0.4, 0.5) is 0 Å². The van der Waals surface area contributed by atoms with Gasteiger partial charge >= 0.3 is 133 Å². The summed E-state index contributed by atoms with van der Waals surface area (Å²) in [6, 6.07) is 18.5. The Morgan fingerprint density at radius 2 is 1.71 bits per heavy atom. The Morgan fingerprint density at radius 3 is 2.38 bits per heavy atom. The fraction of sp³-hybridized carbons (Fsp3) is 0.333. The van der Waals surface area contributed by atoms with Crippen molar-refractivity contribution in [3.05, 3.63) is 65.7 Å². The number of hydrogen-bond acceptors (Lipinski definition) is 2. The topological polar surface area (TPSA) is 29.5 Å². The first-order chi connectivity index (χ1) is 10.3. The third-order valence-electron chi connectivity index (χ3n) is 3.51. The van der Waals surface area contributed by atoms with Crippen LogP contribution >= 0.6 is 0 Å². The first-order valence-electron chi connectivity index (χ1n) is 7.23. The van der Waals surface area contributed by atoms with Crippen molar-refractivity contribution in [2.45, 2.75) is 30.9 Å². The van der Waals surface area contributed by atoms with Gasteiger partial charge in [-0.25, -0.2) is 0 Å². The van der Waals surface area contributed by atoms with Crippen LogP contribution in [-0.2, 0) is 4.74 Å². The van der Waals surface area contributed by atoms with Gasteiger partial charge in [-0.05, 0) is 0 Å². The van der Waals surface area contributed by atoms with Gasteiger partial charge in [0.05, 0.1) is 0 Å². The van der Waals surface area contributed by atoms with Crippen LogP contribution in [0, 0.1) is 0 Å². The molecule has 0 aromatic heterocycles. The molecular weight excluding hydrogens is 327 g/mol. The fourth-order valence-corrected chi connectivity index (χ4v) is 4.77. The van der Waals surface area contributed by atoms with Gasteiger partial charge in [-0.2, -0.15) is 0 Å². The molecular formula is C18H22O2Se. The van der Waals surface area contributed by atoms with E-state index in [-0.39, 0.29) is 27.2 Å². The Hall–Kier alpha value is -1.12. The molecule has 2 nitrogen and oxygen atoms in total. The average Bonchev–Trinajstić information content (AvgIpc) is 2.56. The summed E-state index contributed by atoms with van der Waals surface area (Å²) in [5, 5.41) is 11.1. The molecule has 0 aliphatic carbocycles. The van der Waals surface area contributed by atoms with E-state index in [1.54, 1.807) is 7.11 Å². The van der Waals surface area contributed by atoms with Crippen LogP contribution in [0.3, 0.4) is 0 Å². The molecule has 2 aromatic carbocycles. The summed E-state index contributed by atoms with van der Waals surface area (Å²) in [6.45, 7) is 2.01. The predicted octanol–water partition coefficient (Wildman–Crippen LogP) is 3.27. The molecule has 0 saturated heterocycles. The van der Waals surface area contributed by atoms with E-state index in [0.29, 0.717) is 0 Å². The van der Waals surface area contributed by atoms with Gasteiger partial charge in [-0.15, -0.1) is 0 Å². The second kappa shape index (κ2) is 8.35. The molecule has 21 heavy (non-hydrogen) atoms. The molecule has 112 valence electrons. The predicted molar refractivity (Wildman–Crippen MR) is 88.1 cm³/mol. The van der Waals surface area contributed by atoms with Crippen molar-refractivity contribution < 1.29 is 9.84 Å². The minimum atomic E-state index is -0.360. The van der Waals surface area contributed by atoms with E-state index in [1.807, 2.05) is 43.3 Å². The number of rotatable bonds is 7. The molecule has 0 spiro atoms. The number of benzene rings is 2. The number of methoxy groups -OCH3 is 1. The summed E-state index contributed by atoms with van der Waals surface area (Å²) in [7, 11) is 1.76.